The highest BCUT2D eigenvalue weighted by Gasteiger charge is 2.13. The van der Waals surface area contributed by atoms with Crippen LogP contribution in [0.1, 0.15) is 15.2 Å². The molecule has 1 unspecified atom stereocenters. The zero-order valence-electron chi connectivity index (χ0n) is 16.1. The van der Waals surface area contributed by atoms with Crippen LogP contribution in [0.25, 0.3) is 21.2 Å². The normalized spacial score (nSPS) is 12.1. The van der Waals surface area contributed by atoms with Crippen molar-refractivity contribution >= 4 is 49.5 Å². The van der Waals surface area contributed by atoms with E-state index in [2.05, 4.69) is 5.32 Å². The lowest BCUT2D eigenvalue weighted by Crippen LogP contribution is -2.11. The summed E-state index contributed by atoms with van der Waals surface area (Å²) in [7, 11) is -0.921. The summed E-state index contributed by atoms with van der Waals surface area (Å²) < 4.78 is 25.6. The molecule has 0 spiro atoms. The molecule has 3 N–H and O–H groups in total. The molecule has 1 aromatic heterocycles. The van der Waals surface area contributed by atoms with E-state index in [0.29, 0.717) is 22.0 Å². The van der Waals surface area contributed by atoms with Crippen LogP contribution >= 0.6 is 11.3 Å². The lowest BCUT2D eigenvalue weighted by molar-refractivity contribution is 0.103. The fraction of sp³-hybridized carbons (Fsp3) is 0.0870. The van der Waals surface area contributed by atoms with Crippen molar-refractivity contribution in [1.29, 1.82) is 0 Å². The van der Waals surface area contributed by atoms with Crippen LogP contribution in [0, 0.1) is 5.82 Å². The van der Waals surface area contributed by atoms with Gasteiger partial charge in [0.1, 0.15) is 5.82 Å². The molecule has 0 bridgehead atoms. The van der Waals surface area contributed by atoms with Gasteiger partial charge in [-0.1, -0.05) is 24.3 Å². The summed E-state index contributed by atoms with van der Waals surface area (Å²) in [5.41, 5.74) is 9.64. The Hall–Kier alpha value is -3.03. The highest BCUT2D eigenvalue weighted by atomic mass is 32.2. The van der Waals surface area contributed by atoms with Gasteiger partial charge in [0.15, 0.2) is 0 Å². The van der Waals surface area contributed by atoms with E-state index < -0.39 is 10.8 Å². The molecule has 0 fully saturated rings. The van der Waals surface area contributed by atoms with Crippen LogP contribution < -0.4 is 11.1 Å². The molecule has 0 aliphatic heterocycles. The van der Waals surface area contributed by atoms with Gasteiger partial charge < -0.3 is 11.1 Å². The topological polar surface area (TPSA) is 72.2 Å². The van der Waals surface area contributed by atoms with Gasteiger partial charge >= 0.3 is 0 Å². The van der Waals surface area contributed by atoms with Gasteiger partial charge in [0, 0.05) is 27.5 Å². The number of fused-ring (bicyclic) bond motifs is 1. The Kier molecular flexibility index (Phi) is 5.65. The third kappa shape index (κ3) is 4.42. The highest BCUT2D eigenvalue weighted by molar-refractivity contribution is 7.83. The Balaban J connectivity index is 1.59. The minimum absolute atomic E-state index is 0.250. The third-order valence-electron chi connectivity index (χ3n) is 4.65. The number of anilines is 2. The van der Waals surface area contributed by atoms with Gasteiger partial charge in [0.2, 0.25) is 0 Å². The van der Waals surface area contributed by atoms with Gasteiger partial charge in [0.05, 0.1) is 16.3 Å². The number of carbonyl (C=O) groups excluding carboxylic acids is 1. The molecule has 1 amide bonds. The summed E-state index contributed by atoms with van der Waals surface area (Å²) in [5.74, 6) is -0.0689. The summed E-state index contributed by atoms with van der Waals surface area (Å²) in [6.45, 7) is 0. The van der Waals surface area contributed by atoms with Gasteiger partial charge in [-0.15, -0.1) is 11.3 Å². The minimum Gasteiger partial charge on any atom is -0.397 e. The molecule has 0 radical (unpaired) electrons. The first kappa shape index (κ1) is 20.3. The number of halogens is 1. The van der Waals surface area contributed by atoms with E-state index in [4.69, 9.17) is 5.73 Å². The Labute approximate surface area is 180 Å². The SMILES string of the molecule is CS(=O)Cc1ccc2sc(C(=O)Nc3cc(-c4ccc(F)cc4)ccc3N)cc2c1. The van der Waals surface area contributed by atoms with Crippen molar-refractivity contribution < 1.29 is 13.4 Å². The molecule has 4 rings (SSSR count). The lowest BCUT2D eigenvalue weighted by Gasteiger charge is -2.10. The Morgan fingerprint density at radius 2 is 1.77 bits per heavy atom. The van der Waals surface area contributed by atoms with E-state index in [0.717, 1.165) is 26.8 Å². The number of hydrogen-bond donors (Lipinski definition) is 2. The predicted molar refractivity (Wildman–Crippen MR) is 124 cm³/mol. The Morgan fingerprint density at radius 3 is 2.50 bits per heavy atom. The first-order chi connectivity index (χ1) is 14.4. The van der Waals surface area contributed by atoms with Crippen molar-refractivity contribution in [2.75, 3.05) is 17.3 Å². The van der Waals surface area contributed by atoms with Gasteiger partial charge in [-0.05, 0) is 64.5 Å². The van der Waals surface area contributed by atoms with Crippen molar-refractivity contribution in [2.45, 2.75) is 5.75 Å². The second kappa shape index (κ2) is 8.38. The van der Waals surface area contributed by atoms with E-state index in [1.54, 1.807) is 30.5 Å². The fourth-order valence-corrected chi connectivity index (χ4v) is 4.79. The van der Waals surface area contributed by atoms with Crippen molar-refractivity contribution in [1.82, 2.24) is 0 Å². The van der Waals surface area contributed by atoms with E-state index in [-0.39, 0.29) is 11.7 Å². The molecule has 0 saturated carbocycles. The number of rotatable bonds is 5. The number of carbonyl (C=O) groups is 1. The van der Waals surface area contributed by atoms with Gasteiger partial charge in [-0.25, -0.2) is 4.39 Å². The maximum atomic E-state index is 13.2. The number of hydrogen-bond acceptors (Lipinski definition) is 4. The fourth-order valence-electron chi connectivity index (χ4n) is 3.20. The van der Waals surface area contributed by atoms with Crippen molar-refractivity contribution in [3.8, 4) is 11.1 Å². The molecule has 1 heterocycles. The molecular formula is C23H19FN2O2S2. The smallest absolute Gasteiger partial charge is 0.265 e. The van der Waals surface area contributed by atoms with E-state index in [1.165, 1.54) is 23.5 Å². The highest BCUT2D eigenvalue weighted by Crippen LogP contribution is 2.30. The maximum Gasteiger partial charge on any atom is 0.265 e. The summed E-state index contributed by atoms with van der Waals surface area (Å²) >= 11 is 1.39. The molecule has 3 aromatic carbocycles. The molecule has 4 nitrogen and oxygen atoms in total. The molecule has 30 heavy (non-hydrogen) atoms. The molecule has 1 atom stereocenters. The minimum atomic E-state index is -0.921. The maximum absolute atomic E-state index is 13.2. The molecule has 152 valence electrons. The number of amides is 1. The van der Waals surface area contributed by atoms with Crippen LogP contribution in [-0.4, -0.2) is 16.4 Å². The monoisotopic (exact) mass is 438 g/mol. The first-order valence-corrected chi connectivity index (χ1v) is 11.7. The summed E-state index contributed by atoms with van der Waals surface area (Å²) in [5, 5.41) is 3.83. The van der Waals surface area contributed by atoms with E-state index in [9.17, 15) is 13.4 Å². The molecule has 0 aliphatic rings. The van der Waals surface area contributed by atoms with Gasteiger partial charge in [-0.3, -0.25) is 9.00 Å². The van der Waals surface area contributed by atoms with Crippen LogP contribution in [0.4, 0.5) is 15.8 Å². The second-order valence-electron chi connectivity index (χ2n) is 6.96. The number of nitrogens with one attached hydrogen (secondary N) is 1. The van der Waals surface area contributed by atoms with Crippen LogP contribution in [0.5, 0.6) is 0 Å². The number of nitrogen functional groups attached to an aromatic ring is 1. The van der Waals surface area contributed by atoms with Crippen molar-refractivity contribution in [3.05, 3.63) is 83.0 Å². The van der Waals surface area contributed by atoms with Gasteiger partial charge in [0.25, 0.3) is 5.91 Å². The second-order valence-corrected chi connectivity index (χ2v) is 9.48. The summed E-state index contributed by atoms with van der Waals surface area (Å²) in [4.78, 5) is 13.4. The van der Waals surface area contributed by atoms with E-state index >= 15 is 0 Å². The molecule has 0 aliphatic carbocycles. The first-order valence-electron chi connectivity index (χ1n) is 9.18. The van der Waals surface area contributed by atoms with Crippen molar-refractivity contribution in [3.63, 3.8) is 0 Å². The van der Waals surface area contributed by atoms with Crippen molar-refractivity contribution in [2.24, 2.45) is 0 Å². The van der Waals surface area contributed by atoms with Gasteiger partial charge in [-0.2, -0.15) is 0 Å². The Bertz CT molecular complexity index is 1270. The number of nitrogens with two attached hydrogens (primary N) is 1. The number of thiophene rings is 1. The average molecular weight is 439 g/mol. The quantitative estimate of drug-likeness (QED) is 0.409. The summed E-state index contributed by atoms with van der Waals surface area (Å²) in [6.07, 6.45) is 1.67. The van der Waals surface area contributed by atoms with E-state index in [1.807, 2.05) is 30.3 Å². The largest absolute Gasteiger partial charge is 0.397 e. The van der Waals surface area contributed by atoms with Crippen LogP contribution in [0.3, 0.4) is 0 Å². The third-order valence-corrected chi connectivity index (χ3v) is 6.51. The molecule has 4 aromatic rings. The van der Waals surface area contributed by atoms with Crippen LogP contribution in [0.2, 0.25) is 0 Å². The molecular weight excluding hydrogens is 419 g/mol. The van der Waals surface area contributed by atoms with Crippen LogP contribution in [0.15, 0.2) is 66.7 Å². The molecule has 7 heteroatoms. The zero-order chi connectivity index (χ0) is 21.3. The molecule has 0 saturated heterocycles. The summed E-state index contributed by atoms with van der Waals surface area (Å²) in [6, 6.07) is 19.2. The zero-order valence-corrected chi connectivity index (χ0v) is 17.8. The predicted octanol–water partition coefficient (Wildman–Crippen LogP) is 5.42. The van der Waals surface area contributed by atoms with Crippen LogP contribution in [-0.2, 0) is 16.6 Å². The Morgan fingerprint density at radius 1 is 1.03 bits per heavy atom. The average Bonchev–Trinajstić information content (AvgIpc) is 3.13. The lowest BCUT2D eigenvalue weighted by atomic mass is 10.0. The number of benzene rings is 3. The standard InChI is InChI=1S/C23H19FN2O2S2/c1-30(28)13-14-2-9-21-17(10-14)12-22(29-21)23(27)26-20-11-16(5-8-19(20)25)15-3-6-18(24)7-4-15/h2-12H,13,25H2,1H3,(H,26,27).